The molecule has 9 heteroatoms. The van der Waals surface area contributed by atoms with Crippen LogP contribution in [0.15, 0.2) is 67.4 Å². The van der Waals surface area contributed by atoms with Crippen LogP contribution in [0.25, 0.3) is 55.8 Å². The average molecular weight is 450 g/mol. The molecule has 0 spiro atoms. The summed E-state index contributed by atoms with van der Waals surface area (Å²) < 4.78 is 15.0. The van der Waals surface area contributed by atoms with Gasteiger partial charge < -0.3 is 9.88 Å². The Balaban J connectivity index is 1.51. The molecule has 5 heterocycles. The molecule has 0 aliphatic heterocycles. The van der Waals surface area contributed by atoms with Crippen LogP contribution < -0.4 is 4.90 Å². The zero-order chi connectivity index (χ0) is 23.2. The molecule has 0 saturated heterocycles. The van der Waals surface area contributed by atoms with Gasteiger partial charge in [-0.15, -0.1) is 0 Å². The van der Waals surface area contributed by atoms with Gasteiger partial charge in [-0.2, -0.15) is 5.10 Å². The molecule has 0 fully saturated rings. The molecule has 0 aliphatic rings. The summed E-state index contributed by atoms with van der Waals surface area (Å²) in [6, 6.07) is 10.9. The van der Waals surface area contributed by atoms with Gasteiger partial charge in [0.1, 0.15) is 11.5 Å². The fraction of sp³-hybridized carbons (Fsp3) is 0.0800. The normalized spacial score (nSPS) is 11.4. The van der Waals surface area contributed by atoms with E-state index in [0.717, 1.165) is 27.7 Å². The van der Waals surface area contributed by atoms with E-state index in [2.05, 4.69) is 35.1 Å². The summed E-state index contributed by atoms with van der Waals surface area (Å²) in [5, 5.41) is 8.11. The maximum Gasteiger partial charge on any atom is 0.178 e. The fourth-order valence-electron chi connectivity index (χ4n) is 4.05. The summed E-state index contributed by atoms with van der Waals surface area (Å²) in [7, 11) is 3.84. The Morgan fingerprint density at radius 1 is 0.882 bits per heavy atom. The van der Waals surface area contributed by atoms with E-state index in [-0.39, 0.29) is 5.82 Å². The van der Waals surface area contributed by atoms with Crippen LogP contribution in [-0.4, -0.2) is 49.2 Å². The molecule has 0 amide bonds. The monoisotopic (exact) mass is 450 g/mol. The van der Waals surface area contributed by atoms with E-state index in [1.54, 1.807) is 37.1 Å². The summed E-state index contributed by atoms with van der Waals surface area (Å²) in [6.07, 6.45) is 8.62. The lowest BCUT2D eigenvalue weighted by atomic mass is 10.0. The number of fused-ring (bicyclic) bond motifs is 2. The molecule has 0 atom stereocenters. The van der Waals surface area contributed by atoms with Crippen molar-refractivity contribution in [2.24, 2.45) is 0 Å². The highest BCUT2D eigenvalue weighted by molar-refractivity contribution is 5.97. The minimum absolute atomic E-state index is 0.355. The van der Waals surface area contributed by atoms with Crippen LogP contribution in [0, 0.1) is 5.82 Å². The number of halogens is 1. The van der Waals surface area contributed by atoms with Crippen molar-refractivity contribution in [2.45, 2.75) is 0 Å². The molecule has 8 nitrogen and oxygen atoms in total. The quantitative estimate of drug-likeness (QED) is 0.399. The summed E-state index contributed by atoms with van der Waals surface area (Å²) in [5.74, 6) is 0.194. The maximum atomic E-state index is 15.0. The average Bonchev–Trinajstić information content (AvgIpc) is 3.47. The van der Waals surface area contributed by atoms with Gasteiger partial charge in [0.25, 0.3) is 0 Å². The Morgan fingerprint density at radius 2 is 1.74 bits per heavy atom. The number of nitrogens with zero attached hydrogens (tertiary/aromatic N) is 6. The van der Waals surface area contributed by atoms with Gasteiger partial charge in [-0.05, 0) is 35.9 Å². The van der Waals surface area contributed by atoms with Crippen LogP contribution in [0.3, 0.4) is 0 Å². The van der Waals surface area contributed by atoms with Crippen molar-refractivity contribution < 1.29 is 4.39 Å². The predicted octanol–water partition coefficient (Wildman–Crippen LogP) is 4.83. The maximum absolute atomic E-state index is 15.0. The Hall–Kier alpha value is -4.66. The van der Waals surface area contributed by atoms with Gasteiger partial charge >= 0.3 is 0 Å². The molecule has 0 unspecified atom stereocenters. The first kappa shape index (κ1) is 20.0. The summed E-state index contributed by atoms with van der Waals surface area (Å²) in [6.45, 7) is 0. The lowest BCUT2D eigenvalue weighted by molar-refractivity contribution is 0.632. The highest BCUT2D eigenvalue weighted by Crippen LogP contribution is 2.34. The van der Waals surface area contributed by atoms with E-state index in [4.69, 9.17) is 0 Å². The molecule has 34 heavy (non-hydrogen) atoms. The number of rotatable bonds is 4. The summed E-state index contributed by atoms with van der Waals surface area (Å²) >= 11 is 0. The van der Waals surface area contributed by atoms with Gasteiger partial charge in [0.15, 0.2) is 11.5 Å². The van der Waals surface area contributed by atoms with Gasteiger partial charge in [0, 0.05) is 67.0 Å². The molecule has 5 aromatic heterocycles. The molecule has 0 saturated carbocycles. The highest BCUT2D eigenvalue weighted by Gasteiger charge is 2.18. The fourth-order valence-corrected chi connectivity index (χ4v) is 4.05. The van der Waals surface area contributed by atoms with E-state index >= 15 is 4.39 Å². The van der Waals surface area contributed by atoms with Crippen LogP contribution in [0.4, 0.5) is 10.1 Å². The lowest BCUT2D eigenvalue weighted by Gasteiger charge is -2.13. The Bertz CT molecular complexity index is 1650. The predicted molar refractivity (Wildman–Crippen MR) is 130 cm³/mol. The van der Waals surface area contributed by atoms with E-state index in [1.807, 2.05) is 43.3 Å². The standard InChI is InChI=1S/C25H19FN8/c1-34(2)16-9-15(12-28-13-16)18-10-19-21(11-20(18)26)32-33-23(19)25-30-22-17(5-8-29-24(22)31-25)14-3-6-27-7-4-14/h3-13H,1-2H3,(H,32,33)(H,29,30,31). The van der Waals surface area contributed by atoms with Crippen molar-refractivity contribution in [3.63, 3.8) is 0 Å². The lowest BCUT2D eigenvalue weighted by Crippen LogP contribution is -2.08. The number of anilines is 1. The molecule has 166 valence electrons. The second kappa shape index (κ2) is 7.73. The largest absolute Gasteiger partial charge is 0.376 e. The van der Waals surface area contributed by atoms with E-state index < -0.39 is 0 Å². The van der Waals surface area contributed by atoms with Crippen molar-refractivity contribution in [2.75, 3.05) is 19.0 Å². The van der Waals surface area contributed by atoms with Crippen LogP contribution in [0.5, 0.6) is 0 Å². The van der Waals surface area contributed by atoms with Crippen molar-refractivity contribution in [1.82, 2.24) is 35.1 Å². The number of hydrogen-bond donors (Lipinski definition) is 2. The zero-order valence-corrected chi connectivity index (χ0v) is 18.4. The van der Waals surface area contributed by atoms with Gasteiger partial charge in [-0.3, -0.25) is 15.1 Å². The van der Waals surface area contributed by atoms with E-state index in [0.29, 0.717) is 33.8 Å². The number of nitrogens with one attached hydrogen (secondary N) is 2. The Labute approximate surface area is 193 Å². The van der Waals surface area contributed by atoms with Crippen LogP contribution in [-0.2, 0) is 0 Å². The highest BCUT2D eigenvalue weighted by atomic mass is 19.1. The topological polar surface area (TPSA) is 99.3 Å². The third-order valence-electron chi connectivity index (χ3n) is 5.81. The van der Waals surface area contributed by atoms with Crippen LogP contribution >= 0.6 is 0 Å². The first-order valence-corrected chi connectivity index (χ1v) is 10.6. The smallest absolute Gasteiger partial charge is 0.178 e. The van der Waals surface area contributed by atoms with Gasteiger partial charge in [0.05, 0.1) is 22.9 Å². The zero-order valence-electron chi connectivity index (χ0n) is 18.4. The number of imidazole rings is 1. The van der Waals surface area contributed by atoms with Gasteiger partial charge in [-0.1, -0.05) is 0 Å². The van der Waals surface area contributed by atoms with E-state index in [9.17, 15) is 0 Å². The molecule has 0 radical (unpaired) electrons. The molecular formula is C25H19FN8. The minimum Gasteiger partial charge on any atom is -0.376 e. The molecule has 1 aromatic carbocycles. The van der Waals surface area contributed by atoms with Crippen molar-refractivity contribution in [3.05, 3.63) is 73.2 Å². The van der Waals surface area contributed by atoms with E-state index in [1.165, 1.54) is 6.07 Å². The molecule has 6 rings (SSSR count). The first-order chi connectivity index (χ1) is 16.6. The number of benzene rings is 1. The van der Waals surface area contributed by atoms with Crippen molar-refractivity contribution >= 4 is 27.8 Å². The number of pyridine rings is 3. The number of H-pyrrole nitrogens is 2. The second-order valence-electron chi connectivity index (χ2n) is 8.15. The minimum atomic E-state index is -0.355. The van der Waals surface area contributed by atoms with Gasteiger partial charge in [-0.25, -0.2) is 14.4 Å². The molecule has 2 N–H and O–H groups in total. The Kier molecular flexibility index (Phi) is 4.54. The SMILES string of the molecule is CN(C)c1cncc(-c2cc3c(-c4nc5nccc(-c6ccncc6)c5[nH]4)n[nH]c3cc2F)c1. The molecule has 0 bridgehead atoms. The van der Waals surface area contributed by atoms with Crippen LogP contribution in [0.2, 0.25) is 0 Å². The molecule has 0 aliphatic carbocycles. The number of hydrogen-bond acceptors (Lipinski definition) is 6. The number of aromatic nitrogens is 7. The molecular weight excluding hydrogens is 431 g/mol. The van der Waals surface area contributed by atoms with Crippen molar-refractivity contribution in [1.29, 1.82) is 0 Å². The third-order valence-corrected chi connectivity index (χ3v) is 5.81. The van der Waals surface area contributed by atoms with Gasteiger partial charge in [0.2, 0.25) is 0 Å². The summed E-state index contributed by atoms with van der Waals surface area (Å²) in [5.41, 5.74) is 6.52. The van der Waals surface area contributed by atoms with Crippen LogP contribution in [0.1, 0.15) is 0 Å². The molecule has 6 aromatic rings. The summed E-state index contributed by atoms with van der Waals surface area (Å²) in [4.78, 5) is 22.8. The van der Waals surface area contributed by atoms with Crippen molar-refractivity contribution in [3.8, 4) is 33.8 Å². The Morgan fingerprint density at radius 3 is 2.56 bits per heavy atom. The third kappa shape index (κ3) is 3.25. The second-order valence-corrected chi connectivity index (χ2v) is 8.15. The first-order valence-electron chi connectivity index (χ1n) is 10.6. The number of aromatic amines is 2.